The van der Waals surface area contributed by atoms with E-state index in [0.717, 1.165) is 35.8 Å². The van der Waals surface area contributed by atoms with E-state index in [9.17, 15) is 9.90 Å². The number of carbonyl (C=O) groups excluding carboxylic acids is 1. The molecule has 248 valence electrons. The first-order chi connectivity index (χ1) is 20.8. The number of fused-ring (bicyclic) bond motifs is 1. The third-order valence-electron chi connectivity index (χ3n) is 8.94. The van der Waals surface area contributed by atoms with Crippen LogP contribution in [-0.4, -0.2) is 85.5 Å². The number of hydrogen-bond acceptors (Lipinski definition) is 10. The van der Waals surface area contributed by atoms with E-state index in [2.05, 4.69) is 54.6 Å². The minimum absolute atomic E-state index is 0.0716. The number of aliphatic hydroxyl groups excluding tert-OH is 1. The average Bonchev–Trinajstić information content (AvgIpc) is 2.99. The maximum absolute atomic E-state index is 12.0. The molecular formula is C34H55N3O7. The molecule has 44 heavy (non-hydrogen) atoms. The predicted octanol–water partition coefficient (Wildman–Crippen LogP) is 5.20. The van der Waals surface area contributed by atoms with E-state index in [4.69, 9.17) is 24.0 Å². The summed E-state index contributed by atoms with van der Waals surface area (Å²) < 4.78 is 18.1. The molecule has 10 nitrogen and oxygen atoms in total. The van der Waals surface area contributed by atoms with Crippen LogP contribution in [0.1, 0.15) is 72.8 Å². The topological polar surface area (TPSA) is 120 Å². The number of methoxy groups -OCH3 is 1. The summed E-state index contributed by atoms with van der Waals surface area (Å²) in [6.07, 6.45) is 2.81. The number of hydrogen-bond donors (Lipinski definition) is 3. The van der Waals surface area contributed by atoms with Gasteiger partial charge in [0.15, 0.2) is 6.29 Å². The van der Waals surface area contributed by atoms with Crippen LogP contribution in [0, 0.1) is 18.8 Å². The maximum Gasteiger partial charge on any atom is 0.161 e. The van der Waals surface area contributed by atoms with Crippen molar-refractivity contribution < 1.29 is 33.9 Å². The second-order valence-electron chi connectivity index (χ2n) is 13.1. The zero-order chi connectivity index (χ0) is 32.5. The number of aromatic nitrogens is 1. The fourth-order valence-electron chi connectivity index (χ4n) is 6.27. The molecule has 0 radical (unpaired) electrons. The van der Waals surface area contributed by atoms with E-state index < -0.39 is 35.8 Å². The molecule has 1 saturated heterocycles. The summed E-state index contributed by atoms with van der Waals surface area (Å²) in [6, 6.07) is 8.44. The van der Waals surface area contributed by atoms with Gasteiger partial charge >= 0.3 is 0 Å². The number of ether oxygens (including phenoxy) is 3. The molecule has 1 aliphatic heterocycles. The van der Waals surface area contributed by atoms with Gasteiger partial charge in [-0.1, -0.05) is 26.0 Å². The number of nitrogens with one attached hydrogen (secondary N) is 2. The fraction of sp³-hybridized carbons (Fsp3) is 0.706. The van der Waals surface area contributed by atoms with Gasteiger partial charge in [-0.2, -0.15) is 0 Å². The summed E-state index contributed by atoms with van der Waals surface area (Å²) in [7, 11) is 3.50. The summed E-state index contributed by atoms with van der Waals surface area (Å²) in [6.45, 7) is 14.9. The van der Waals surface area contributed by atoms with Gasteiger partial charge in [-0.15, -0.1) is 0 Å². The van der Waals surface area contributed by atoms with Crippen molar-refractivity contribution in [3.63, 3.8) is 0 Å². The molecule has 3 rings (SSSR count). The molecule has 0 saturated carbocycles. The third-order valence-corrected chi connectivity index (χ3v) is 8.94. The van der Waals surface area contributed by atoms with E-state index in [1.165, 1.54) is 5.56 Å². The highest BCUT2D eigenvalue weighted by Crippen LogP contribution is 2.36. The van der Waals surface area contributed by atoms with Gasteiger partial charge < -0.3 is 34.7 Å². The van der Waals surface area contributed by atoms with Crippen molar-refractivity contribution in [3.05, 3.63) is 36.0 Å². The van der Waals surface area contributed by atoms with Gasteiger partial charge in [0.1, 0.15) is 18.0 Å². The van der Waals surface area contributed by atoms with Crippen molar-refractivity contribution in [2.24, 2.45) is 11.8 Å². The Balaban J connectivity index is 1.60. The Morgan fingerprint density at radius 1 is 1.25 bits per heavy atom. The van der Waals surface area contributed by atoms with Gasteiger partial charge in [0.2, 0.25) is 0 Å². The standard InChI is InChI=1S/C34H55N3O7/c1-22-11-12-27-28(13-15-37-29(27)17-22)36-14-10-16-41-44-33(6,19-25(4)35-8)18-23(2)31(24(3)21-38)43-30-20-34(7,40-9)32(39)26(5)42-30/h11-13,15,17,21,23-26,30-32,35,39H,10,14,16,18-20H2,1-9H3,(H,36,37)/t23-,24?,25-,26?,30+,31+,32+,33?,34?/m1/s1. The normalized spacial score (nSPS) is 26.5. The minimum Gasteiger partial charge on any atom is -0.387 e. The first-order valence-electron chi connectivity index (χ1n) is 15.9. The molecule has 10 heteroatoms. The third kappa shape index (κ3) is 9.66. The molecule has 3 N–H and O–H groups in total. The highest BCUT2D eigenvalue weighted by atomic mass is 17.2. The lowest BCUT2D eigenvalue weighted by molar-refractivity contribution is -0.365. The number of carbonyl (C=O) groups is 1. The fourth-order valence-corrected chi connectivity index (χ4v) is 6.27. The number of pyridine rings is 1. The lowest BCUT2D eigenvalue weighted by Gasteiger charge is -2.46. The molecular weight excluding hydrogens is 562 g/mol. The molecule has 0 spiro atoms. The summed E-state index contributed by atoms with van der Waals surface area (Å²) >= 11 is 0. The molecule has 0 aliphatic carbocycles. The number of aliphatic hydroxyl groups is 1. The van der Waals surface area contributed by atoms with Crippen LogP contribution in [0.4, 0.5) is 5.69 Å². The summed E-state index contributed by atoms with van der Waals surface area (Å²) in [5.41, 5.74) is 1.74. The molecule has 1 fully saturated rings. The monoisotopic (exact) mass is 617 g/mol. The molecule has 1 aromatic carbocycles. The molecule has 0 amide bonds. The zero-order valence-corrected chi connectivity index (χ0v) is 28.1. The quantitative estimate of drug-likeness (QED) is 0.0891. The van der Waals surface area contributed by atoms with E-state index >= 15 is 0 Å². The molecule has 1 aromatic heterocycles. The smallest absolute Gasteiger partial charge is 0.161 e. The largest absolute Gasteiger partial charge is 0.387 e. The van der Waals surface area contributed by atoms with Crippen molar-refractivity contribution in [1.29, 1.82) is 0 Å². The van der Waals surface area contributed by atoms with Gasteiger partial charge in [0, 0.05) is 49.3 Å². The van der Waals surface area contributed by atoms with Crippen LogP contribution < -0.4 is 10.6 Å². The van der Waals surface area contributed by atoms with E-state index in [1.807, 2.05) is 40.1 Å². The Bertz CT molecular complexity index is 1180. The van der Waals surface area contributed by atoms with Crippen LogP contribution in [0.3, 0.4) is 0 Å². The average molecular weight is 618 g/mol. The molecule has 9 atom stereocenters. The van der Waals surface area contributed by atoms with E-state index in [1.54, 1.807) is 14.0 Å². The molecule has 2 heterocycles. The first kappa shape index (κ1) is 36.3. The van der Waals surface area contributed by atoms with Crippen LogP contribution in [0.5, 0.6) is 0 Å². The van der Waals surface area contributed by atoms with Crippen LogP contribution >= 0.6 is 0 Å². The second-order valence-corrected chi connectivity index (χ2v) is 13.1. The van der Waals surface area contributed by atoms with Gasteiger partial charge in [-0.3, -0.25) is 4.98 Å². The van der Waals surface area contributed by atoms with Crippen molar-refractivity contribution in [1.82, 2.24) is 10.3 Å². The maximum atomic E-state index is 12.0. The molecule has 1 aliphatic rings. The van der Waals surface area contributed by atoms with Crippen molar-refractivity contribution in [3.8, 4) is 0 Å². The number of benzene rings is 1. The number of aldehydes is 1. The van der Waals surface area contributed by atoms with E-state index in [0.29, 0.717) is 25.9 Å². The number of rotatable bonds is 18. The van der Waals surface area contributed by atoms with Crippen molar-refractivity contribution >= 4 is 22.9 Å². The molecule has 4 unspecified atom stereocenters. The lowest BCUT2D eigenvalue weighted by atomic mass is 9.82. The highest BCUT2D eigenvalue weighted by molar-refractivity contribution is 5.91. The van der Waals surface area contributed by atoms with Crippen molar-refractivity contribution in [2.75, 3.05) is 32.6 Å². The Morgan fingerprint density at radius 2 is 2.00 bits per heavy atom. The van der Waals surface area contributed by atoms with Gasteiger partial charge in [-0.05, 0) is 84.5 Å². The highest BCUT2D eigenvalue weighted by Gasteiger charge is 2.47. The molecule has 0 bridgehead atoms. The lowest BCUT2D eigenvalue weighted by Crippen LogP contribution is -2.57. The van der Waals surface area contributed by atoms with Gasteiger partial charge in [0.05, 0.1) is 29.9 Å². The van der Waals surface area contributed by atoms with E-state index in [-0.39, 0.29) is 17.9 Å². The Labute approximate surface area is 263 Å². The Hall–Kier alpha value is -2.18. The van der Waals surface area contributed by atoms with Gasteiger partial charge in [0.25, 0.3) is 0 Å². The predicted molar refractivity (Wildman–Crippen MR) is 172 cm³/mol. The number of nitrogens with zero attached hydrogens (tertiary/aromatic N) is 1. The van der Waals surface area contributed by atoms with Crippen LogP contribution in [0.2, 0.25) is 0 Å². The Kier molecular flexibility index (Phi) is 13.5. The van der Waals surface area contributed by atoms with Crippen LogP contribution in [0.15, 0.2) is 30.5 Å². The first-order valence-corrected chi connectivity index (χ1v) is 15.9. The number of aryl methyl sites for hydroxylation is 1. The van der Waals surface area contributed by atoms with Crippen molar-refractivity contribution in [2.45, 2.75) is 116 Å². The number of anilines is 1. The van der Waals surface area contributed by atoms with Gasteiger partial charge in [-0.25, -0.2) is 9.78 Å². The Morgan fingerprint density at radius 3 is 2.68 bits per heavy atom. The summed E-state index contributed by atoms with van der Waals surface area (Å²) in [5, 5.41) is 18.5. The summed E-state index contributed by atoms with van der Waals surface area (Å²) in [4.78, 5) is 28.4. The zero-order valence-electron chi connectivity index (χ0n) is 28.1. The second kappa shape index (κ2) is 16.4. The SMILES string of the molecule is CN[C@H](C)CC(C)(C[C@@H](C)[C@H](O[C@H]1CC(C)(OC)[C@@H](O)C(C)O1)C(C)C=O)OOCCCNc1ccnc2cc(C)ccc12. The molecule has 2 aromatic rings. The van der Waals surface area contributed by atoms with Crippen LogP contribution in [-0.2, 0) is 28.8 Å². The van der Waals surface area contributed by atoms with Crippen LogP contribution in [0.25, 0.3) is 10.9 Å². The summed E-state index contributed by atoms with van der Waals surface area (Å²) in [5.74, 6) is -0.451. The minimum atomic E-state index is -0.813.